The van der Waals surface area contributed by atoms with E-state index in [0.29, 0.717) is 10.6 Å². The van der Waals surface area contributed by atoms with Crippen LogP contribution < -0.4 is 10.0 Å². The number of amides is 1. The van der Waals surface area contributed by atoms with Crippen molar-refractivity contribution in [2.75, 3.05) is 11.0 Å². The summed E-state index contributed by atoms with van der Waals surface area (Å²) in [7, 11) is -3.37. The number of carbonyl (C=O) groups excluding carboxylic acids is 1. The van der Waals surface area contributed by atoms with E-state index >= 15 is 0 Å². The molecule has 0 bridgehead atoms. The first-order valence-electron chi connectivity index (χ1n) is 6.61. The molecule has 112 valence electrons. The van der Waals surface area contributed by atoms with Crippen molar-refractivity contribution in [1.82, 2.24) is 10.3 Å². The van der Waals surface area contributed by atoms with E-state index in [1.807, 2.05) is 0 Å². The molecular weight excluding hydrogens is 298 g/mol. The largest absolute Gasteiger partial charge is 0.349 e. The highest BCUT2D eigenvalue weighted by atomic mass is 32.2. The van der Waals surface area contributed by atoms with Crippen LogP contribution in [0.15, 0.2) is 0 Å². The number of rotatable bonds is 4. The van der Waals surface area contributed by atoms with Crippen molar-refractivity contribution in [2.45, 2.75) is 45.1 Å². The van der Waals surface area contributed by atoms with Crippen molar-refractivity contribution in [1.29, 1.82) is 0 Å². The second-order valence-corrected chi connectivity index (χ2v) is 7.86. The van der Waals surface area contributed by atoms with Crippen LogP contribution in [0.1, 0.15) is 47.5 Å². The molecule has 20 heavy (non-hydrogen) atoms. The van der Waals surface area contributed by atoms with E-state index in [1.54, 1.807) is 6.92 Å². The molecule has 0 unspecified atom stereocenters. The van der Waals surface area contributed by atoms with Gasteiger partial charge in [-0.05, 0) is 19.8 Å². The van der Waals surface area contributed by atoms with Crippen molar-refractivity contribution in [3.8, 4) is 0 Å². The van der Waals surface area contributed by atoms with Gasteiger partial charge in [-0.1, -0.05) is 30.6 Å². The molecule has 1 fully saturated rings. The quantitative estimate of drug-likeness (QED) is 0.887. The lowest BCUT2D eigenvalue weighted by atomic mass is 9.95. The smallest absolute Gasteiger partial charge is 0.263 e. The molecule has 0 aliphatic heterocycles. The van der Waals surface area contributed by atoms with Crippen LogP contribution in [0.25, 0.3) is 0 Å². The van der Waals surface area contributed by atoms with E-state index in [4.69, 9.17) is 0 Å². The first-order chi connectivity index (χ1) is 9.35. The third-order valence-electron chi connectivity index (χ3n) is 3.22. The standard InChI is InChI=1S/C12H19N3O3S2/c1-8-10(19-12(13-8)15-20(2,17)18)11(16)14-9-6-4-3-5-7-9/h9H,3-7H2,1-2H3,(H,13,15)(H,14,16). The van der Waals surface area contributed by atoms with Gasteiger partial charge in [0.1, 0.15) is 4.88 Å². The molecule has 0 aromatic carbocycles. The first kappa shape index (κ1) is 15.2. The SMILES string of the molecule is Cc1nc(NS(C)(=O)=O)sc1C(=O)NC1CCCCC1. The van der Waals surface area contributed by atoms with Crippen LogP contribution in [0, 0.1) is 6.92 Å². The van der Waals surface area contributed by atoms with Gasteiger partial charge in [-0.2, -0.15) is 0 Å². The second-order valence-electron chi connectivity index (χ2n) is 5.12. The van der Waals surface area contributed by atoms with Crippen LogP contribution in [0.3, 0.4) is 0 Å². The van der Waals surface area contributed by atoms with Crippen molar-refractivity contribution in [3.63, 3.8) is 0 Å². The van der Waals surface area contributed by atoms with E-state index in [0.717, 1.165) is 43.3 Å². The van der Waals surface area contributed by atoms with Gasteiger partial charge >= 0.3 is 0 Å². The summed E-state index contributed by atoms with van der Waals surface area (Å²) in [5.74, 6) is -0.159. The molecular formula is C12H19N3O3S2. The van der Waals surface area contributed by atoms with Crippen LogP contribution in [0.4, 0.5) is 5.13 Å². The monoisotopic (exact) mass is 317 g/mol. The van der Waals surface area contributed by atoms with Crippen LogP contribution >= 0.6 is 11.3 Å². The fraction of sp³-hybridized carbons (Fsp3) is 0.667. The number of aryl methyl sites for hydroxylation is 1. The number of carbonyl (C=O) groups is 1. The lowest BCUT2D eigenvalue weighted by Gasteiger charge is -2.22. The number of anilines is 1. The molecule has 1 saturated carbocycles. The second kappa shape index (κ2) is 6.09. The predicted molar refractivity (Wildman–Crippen MR) is 79.7 cm³/mol. The van der Waals surface area contributed by atoms with Gasteiger partial charge in [-0.25, -0.2) is 13.4 Å². The van der Waals surface area contributed by atoms with Crippen molar-refractivity contribution in [2.24, 2.45) is 0 Å². The fourth-order valence-corrected chi connectivity index (χ4v) is 4.01. The Morgan fingerprint density at radius 1 is 1.30 bits per heavy atom. The lowest BCUT2D eigenvalue weighted by Crippen LogP contribution is -2.36. The average Bonchev–Trinajstić information content (AvgIpc) is 2.69. The zero-order valence-corrected chi connectivity index (χ0v) is 13.2. The summed E-state index contributed by atoms with van der Waals surface area (Å²) in [5.41, 5.74) is 0.550. The molecule has 1 aromatic rings. The Morgan fingerprint density at radius 2 is 1.95 bits per heavy atom. The third kappa shape index (κ3) is 4.17. The number of thiazole rings is 1. The summed E-state index contributed by atoms with van der Waals surface area (Å²) in [4.78, 5) is 16.7. The Hall–Kier alpha value is -1.15. The highest BCUT2D eigenvalue weighted by Gasteiger charge is 2.21. The zero-order chi connectivity index (χ0) is 14.8. The number of sulfonamides is 1. The summed E-state index contributed by atoms with van der Waals surface area (Å²) in [6.07, 6.45) is 6.61. The van der Waals surface area contributed by atoms with Gasteiger partial charge in [0, 0.05) is 6.04 Å². The van der Waals surface area contributed by atoms with Gasteiger partial charge in [0.25, 0.3) is 5.91 Å². The highest BCUT2D eigenvalue weighted by molar-refractivity contribution is 7.92. The van der Waals surface area contributed by atoms with Crippen LogP contribution in [-0.4, -0.2) is 31.6 Å². The van der Waals surface area contributed by atoms with E-state index in [-0.39, 0.29) is 17.1 Å². The van der Waals surface area contributed by atoms with E-state index in [1.165, 1.54) is 6.42 Å². The molecule has 1 aromatic heterocycles. The molecule has 2 N–H and O–H groups in total. The minimum Gasteiger partial charge on any atom is -0.349 e. The summed E-state index contributed by atoms with van der Waals surface area (Å²) < 4.78 is 24.6. The normalized spacial score (nSPS) is 16.9. The minimum absolute atomic E-state index is 0.159. The molecule has 1 aliphatic carbocycles. The summed E-state index contributed by atoms with van der Waals surface area (Å²) in [6, 6.07) is 0.226. The maximum absolute atomic E-state index is 12.2. The number of nitrogens with one attached hydrogen (secondary N) is 2. The molecule has 0 radical (unpaired) electrons. The molecule has 0 atom stereocenters. The Labute approximate surface area is 123 Å². The molecule has 6 nitrogen and oxygen atoms in total. The molecule has 0 spiro atoms. The summed E-state index contributed by atoms with van der Waals surface area (Å²) >= 11 is 1.07. The highest BCUT2D eigenvalue weighted by Crippen LogP contribution is 2.24. The van der Waals surface area contributed by atoms with Crippen LogP contribution in [0.5, 0.6) is 0 Å². The van der Waals surface area contributed by atoms with Gasteiger partial charge in [-0.3, -0.25) is 9.52 Å². The molecule has 0 saturated heterocycles. The predicted octanol–water partition coefficient (Wildman–Crippen LogP) is 1.89. The molecule has 1 amide bonds. The Bertz CT molecular complexity index is 589. The Balaban J connectivity index is 2.05. The topological polar surface area (TPSA) is 88.2 Å². The van der Waals surface area contributed by atoms with Gasteiger partial charge in [-0.15, -0.1) is 0 Å². The van der Waals surface area contributed by atoms with Crippen LogP contribution in [0.2, 0.25) is 0 Å². The number of aromatic nitrogens is 1. The maximum atomic E-state index is 12.2. The minimum atomic E-state index is -3.37. The molecule has 2 rings (SSSR count). The van der Waals surface area contributed by atoms with Gasteiger partial charge in [0.15, 0.2) is 5.13 Å². The van der Waals surface area contributed by atoms with Crippen LogP contribution in [-0.2, 0) is 10.0 Å². The average molecular weight is 317 g/mol. The number of hydrogen-bond acceptors (Lipinski definition) is 5. The summed E-state index contributed by atoms with van der Waals surface area (Å²) in [6.45, 7) is 1.71. The van der Waals surface area contributed by atoms with Crippen molar-refractivity contribution in [3.05, 3.63) is 10.6 Å². The molecule has 1 heterocycles. The first-order valence-corrected chi connectivity index (χ1v) is 9.32. The molecule has 8 heteroatoms. The third-order valence-corrected chi connectivity index (χ3v) is 4.98. The Morgan fingerprint density at radius 3 is 2.55 bits per heavy atom. The van der Waals surface area contributed by atoms with E-state index < -0.39 is 10.0 Å². The van der Waals surface area contributed by atoms with Gasteiger partial charge in [0.05, 0.1) is 11.9 Å². The Kier molecular flexibility index (Phi) is 4.64. The van der Waals surface area contributed by atoms with E-state index in [9.17, 15) is 13.2 Å². The lowest BCUT2D eigenvalue weighted by molar-refractivity contribution is 0.0931. The number of hydrogen-bond donors (Lipinski definition) is 2. The number of nitrogens with zero attached hydrogens (tertiary/aromatic N) is 1. The van der Waals surface area contributed by atoms with E-state index in [2.05, 4.69) is 15.0 Å². The van der Waals surface area contributed by atoms with Gasteiger partial charge < -0.3 is 5.32 Å². The fourth-order valence-electron chi connectivity index (χ4n) is 2.31. The maximum Gasteiger partial charge on any atom is 0.263 e. The van der Waals surface area contributed by atoms with Gasteiger partial charge in [0.2, 0.25) is 10.0 Å². The molecule has 1 aliphatic rings. The van der Waals surface area contributed by atoms with Crippen molar-refractivity contribution >= 4 is 32.4 Å². The van der Waals surface area contributed by atoms with Crippen molar-refractivity contribution < 1.29 is 13.2 Å². The summed E-state index contributed by atoms with van der Waals surface area (Å²) in [5, 5.41) is 3.24. The zero-order valence-electron chi connectivity index (χ0n) is 11.6.